The summed E-state index contributed by atoms with van der Waals surface area (Å²) in [5, 5.41) is 2.86. The van der Waals surface area contributed by atoms with E-state index in [1.165, 1.54) is 55.4 Å². The van der Waals surface area contributed by atoms with Crippen molar-refractivity contribution in [2.24, 2.45) is 0 Å². The molecule has 3 rings (SSSR count). The Morgan fingerprint density at radius 1 is 0.825 bits per heavy atom. The van der Waals surface area contributed by atoms with Crippen LogP contribution in [0.2, 0.25) is 0 Å². The molecule has 0 aromatic heterocycles. The van der Waals surface area contributed by atoms with Gasteiger partial charge in [-0.25, -0.2) is 13.1 Å². The second-order valence-electron chi connectivity index (χ2n) is 9.79. The smallest absolute Gasteiger partial charge is 0.304 e. The molecule has 3 aromatic carbocycles. The van der Waals surface area contributed by atoms with Crippen LogP contribution in [0.15, 0.2) is 78.9 Å². The molecule has 0 aliphatic heterocycles. The van der Waals surface area contributed by atoms with Crippen LogP contribution in [0.5, 0.6) is 0 Å². The van der Waals surface area contributed by atoms with Gasteiger partial charge in [0.05, 0.1) is 5.69 Å². The number of carbonyl (C=O) groups excluding carboxylic acids is 2. The Labute approximate surface area is 234 Å². The van der Waals surface area contributed by atoms with Crippen molar-refractivity contribution in [3.63, 3.8) is 0 Å². The van der Waals surface area contributed by atoms with Crippen molar-refractivity contribution < 1.29 is 26.8 Å². The van der Waals surface area contributed by atoms with Crippen molar-refractivity contribution in [1.29, 1.82) is 0 Å². The van der Waals surface area contributed by atoms with Crippen LogP contribution in [-0.4, -0.2) is 62.2 Å². The molecule has 214 valence electrons. The highest BCUT2D eigenvalue weighted by molar-refractivity contribution is 7.90. The van der Waals surface area contributed by atoms with E-state index in [9.17, 15) is 26.8 Å². The second-order valence-corrected chi connectivity index (χ2v) is 11.9. The van der Waals surface area contributed by atoms with Crippen LogP contribution in [0.4, 0.5) is 14.5 Å². The lowest BCUT2D eigenvalue weighted by atomic mass is 10.0. The molecule has 0 aliphatic carbocycles. The Hall–Kier alpha value is -3.83. The topological polar surface area (TPSA) is 90.0 Å². The molecule has 0 radical (unpaired) electrons. The van der Waals surface area contributed by atoms with E-state index in [4.69, 9.17) is 0 Å². The molecule has 1 atom stereocenters. The average Bonchev–Trinajstić information content (AvgIpc) is 2.90. The SMILES string of the molecule is CC(C)NC(=O)[C@H](Cc1ccccc1)N(Cc1ccc(F)cc1)C(=O)CN(c1ccc(F)cc1)S(=O)(=O)N(C)C. The molecule has 0 unspecified atom stereocenters. The summed E-state index contributed by atoms with van der Waals surface area (Å²) >= 11 is 0. The summed E-state index contributed by atoms with van der Waals surface area (Å²) < 4.78 is 55.7. The van der Waals surface area contributed by atoms with Crippen LogP contribution < -0.4 is 9.62 Å². The van der Waals surface area contributed by atoms with Gasteiger partial charge in [-0.15, -0.1) is 0 Å². The Kier molecular flexibility index (Phi) is 10.4. The number of nitrogens with zero attached hydrogens (tertiary/aromatic N) is 3. The maximum Gasteiger partial charge on any atom is 0.304 e. The average molecular weight is 573 g/mol. The summed E-state index contributed by atoms with van der Waals surface area (Å²) in [5.41, 5.74) is 1.42. The fraction of sp³-hybridized carbons (Fsp3) is 0.310. The zero-order chi connectivity index (χ0) is 29.4. The number of hydrogen-bond donors (Lipinski definition) is 1. The summed E-state index contributed by atoms with van der Waals surface area (Å²) in [7, 11) is -1.55. The number of amides is 2. The van der Waals surface area contributed by atoms with E-state index in [2.05, 4.69) is 5.32 Å². The van der Waals surface area contributed by atoms with Gasteiger partial charge in [-0.05, 0) is 61.4 Å². The molecule has 8 nitrogen and oxygen atoms in total. The van der Waals surface area contributed by atoms with Crippen LogP contribution in [0.25, 0.3) is 0 Å². The number of anilines is 1. The number of rotatable bonds is 12. The first-order chi connectivity index (χ1) is 18.9. The predicted molar refractivity (Wildman–Crippen MR) is 151 cm³/mol. The summed E-state index contributed by atoms with van der Waals surface area (Å²) in [4.78, 5) is 28.8. The summed E-state index contributed by atoms with van der Waals surface area (Å²) in [6.07, 6.45) is 0.156. The van der Waals surface area contributed by atoms with Crippen LogP contribution >= 0.6 is 0 Å². The predicted octanol–water partition coefficient (Wildman–Crippen LogP) is 3.74. The Balaban J connectivity index is 2.08. The minimum Gasteiger partial charge on any atom is -0.352 e. The van der Waals surface area contributed by atoms with Crippen LogP contribution in [0, 0.1) is 11.6 Å². The number of nitrogens with one attached hydrogen (secondary N) is 1. The fourth-order valence-electron chi connectivity index (χ4n) is 4.05. The second kappa shape index (κ2) is 13.5. The van der Waals surface area contributed by atoms with Gasteiger partial charge in [0, 0.05) is 33.1 Å². The first kappa shape index (κ1) is 30.7. The Morgan fingerprint density at radius 3 is 1.90 bits per heavy atom. The van der Waals surface area contributed by atoms with E-state index in [1.807, 2.05) is 30.3 Å². The molecule has 11 heteroatoms. The molecular formula is C29H34F2N4O4S. The Morgan fingerprint density at radius 2 is 1.38 bits per heavy atom. The van der Waals surface area contributed by atoms with Gasteiger partial charge < -0.3 is 10.2 Å². The summed E-state index contributed by atoms with van der Waals surface area (Å²) in [5.74, 6) is -2.11. The fourth-order valence-corrected chi connectivity index (χ4v) is 5.10. The van der Waals surface area contributed by atoms with Crippen LogP contribution in [0.1, 0.15) is 25.0 Å². The molecule has 0 fully saturated rings. The lowest BCUT2D eigenvalue weighted by Gasteiger charge is -2.34. The molecule has 0 heterocycles. The molecule has 0 aliphatic rings. The molecule has 40 heavy (non-hydrogen) atoms. The van der Waals surface area contributed by atoms with Gasteiger partial charge in [0.15, 0.2) is 0 Å². The largest absolute Gasteiger partial charge is 0.352 e. The van der Waals surface area contributed by atoms with Crippen molar-refractivity contribution in [3.05, 3.63) is 102 Å². The molecule has 1 N–H and O–H groups in total. The highest BCUT2D eigenvalue weighted by atomic mass is 32.2. The number of carbonyl (C=O) groups is 2. The quantitative estimate of drug-likeness (QED) is 0.358. The van der Waals surface area contributed by atoms with Crippen LogP contribution in [-0.2, 0) is 32.8 Å². The maximum absolute atomic E-state index is 14.0. The van der Waals surface area contributed by atoms with Gasteiger partial charge in [-0.2, -0.15) is 12.7 Å². The molecular weight excluding hydrogens is 538 g/mol. The van der Waals surface area contributed by atoms with Gasteiger partial charge in [0.2, 0.25) is 11.8 Å². The number of hydrogen-bond acceptors (Lipinski definition) is 4. The van der Waals surface area contributed by atoms with E-state index < -0.39 is 46.2 Å². The minimum absolute atomic E-state index is 0.0800. The van der Waals surface area contributed by atoms with Gasteiger partial charge >= 0.3 is 10.2 Å². The van der Waals surface area contributed by atoms with Gasteiger partial charge in [0.25, 0.3) is 0 Å². The first-order valence-electron chi connectivity index (χ1n) is 12.7. The van der Waals surface area contributed by atoms with Crippen molar-refractivity contribution in [3.8, 4) is 0 Å². The van der Waals surface area contributed by atoms with E-state index >= 15 is 0 Å². The van der Waals surface area contributed by atoms with Gasteiger partial charge in [0.1, 0.15) is 24.2 Å². The van der Waals surface area contributed by atoms with Gasteiger partial charge in [-0.1, -0.05) is 42.5 Å². The lowest BCUT2D eigenvalue weighted by Crippen LogP contribution is -2.55. The Bertz CT molecular complexity index is 1380. The van der Waals surface area contributed by atoms with Crippen LogP contribution in [0.3, 0.4) is 0 Å². The standard InChI is InChI=1S/C29H34F2N4O4S/c1-21(2)32-29(37)27(18-22-8-6-5-7-9-22)34(19-23-10-12-24(30)13-11-23)28(36)20-35(40(38,39)33(3)4)26-16-14-25(31)15-17-26/h5-17,21,27H,18-20H2,1-4H3,(H,32,37)/t27-/m0/s1. The van der Waals surface area contributed by atoms with Crippen molar-refractivity contribution in [1.82, 2.24) is 14.5 Å². The highest BCUT2D eigenvalue weighted by Crippen LogP contribution is 2.22. The molecule has 0 saturated heterocycles. The van der Waals surface area contributed by atoms with E-state index in [0.717, 1.165) is 26.3 Å². The monoisotopic (exact) mass is 572 g/mol. The van der Waals surface area contributed by atoms with E-state index in [1.54, 1.807) is 13.8 Å². The zero-order valence-electron chi connectivity index (χ0n) is 22.9. The third-order valence-electron chi connectivity index (χ3n) is 6.10. The molecule has 0 bridgehead atoms. The van der Waals surface area contributed by atoms with Crippen molar-refractivity contribution in [2.45, 2.75) is 38.9 Å². The van der Waals surface area contributed by atoms with Crippen molar-refractivity contribution >= 4 is 27.7 Å². The third-order valence-corrected chi connectivity index (χ3v) is 7.92. The maximum atomic E-state index is 14.0. The van der Waals surface area contributed by atoms with E-state index in [-0.39, 0.29) is 24.7 Å². The van der Waals surface area contributed by atoms with E-state index in [0.29, 0.717) is 5.56 Å². The zero-order valence-corrected chi connectivity index (χ0v) is 23.7. The van der Waals surface area contributed by atoms with Gasteiger partial charge in [-0.3, -0.25) is 9.59 Å². The normalized spacial score (nSPS) is 12.3. The number of benzene rings is 3. The number of halogens is 2. The third kappa shape index (κ3) is 8.09. The lowest BCUT2D eigenvalue weighted by molar-refractivity contribution is -0.140. The molecule has 0 spiro atoms. The molecule has 3 aromatic rings. The highest BCUT2D eigenvalue weighted by Gasteiger charge is 2.34. The minimum atomic E-state index is -4.19. The summed E-state index contributed by atoms with van der Waals surface area (Å²) in [6, 6.07) is 18.1. The molecule has 0 saturated carbocycles. The van der Waals surface area contributed by atoms with Crippen molar-refractivity contribution in [2.75, 3.05) is 24.9 Å². The summed E-state index contributed by atoms with van der Waals surface area (Å²) in [6.45, 7) is 2.85. The molecule has 2 amide bonds. The first-order valence-corrected chi connectivity index (χ1v) is 14.1.